The molecule has 0 heterocycles. The topological polar surface area (TPSA) is 104 Å². The molecule has 0 aromatic rings. The van der Waals surface area contributed by atoms with Gasteiger partial charge in [0.15, 0.2) is 0 Å². The first-order valence-electron chi connectivity index (χ1n) is 13.8. The highest BCUT2D eigenvalue weighted by Gasteiger charge is 2.60. The second-order valence-electron chi connectivity index (χ2n) is 12.8. The normalized spacial score (nSPS) is 42.9. The van der Waals surface area contributed by atoms with Crippen molar-refractivity contribution in [3.63, 3.8) is 0 Å². The number of aliphatic hydroxyl groups excluding tert-OH is 1. The van der Waals surface area contributed by atoms with Crippen LogP contribution < -0.4 is 5.32 Å². The van der Waals surface area contributed by atoms with Gasteiger partial charge in [-0.05, 0) is 117 Å². The molecular formula is C27H47NO5S. The first-order valence-corrected chi connectivity index (χ1v) is 15.4. The van der Waals surface area contributed by atoms with E-state index in [2.05, 4.69) is 26.1 Å². The van der Waals surface area contributed by atoms with Gasteiger partial charge in [-0.15, -0.1) is 0 Å². The Hall–Kier alpha value is -0.660. The largest absolute Gasteiger partial charge is 0.393 e. The van der Waals surface area contributed by atoms with Gasteiger partial charge in [0.05, 0.1) is 11.9 Å². The van der Waals surface area contributed by atoms with E-state index in [9.17, 15) is 18.3 Å². The zero-order chi connectivity index (χ0) is 24.7. The van der Waals surface area contributed by atoms with Crippen molar-refractivity contribution in [3.05, 3.63) is 0 Å². The molecule has 0 saturated heterocycles. The van der Waals surface area contributed by atoms with Crippen molar-refractivity contribution in [3.8, 4) is 0 Å². The summed E-state index contributed by atoms with van der Waals surface area (Å²) in [5.74, 6) is 4.01. The summed E-state index contributed by atoms with van der Waals surface area (Å²) in [5.41, 5.74) is 0.796. The smallest absolute Gasteiger partial charge is 0.264 e. The molecule has 4 aliphatic carbocycles. The van der Waals surface area contributed by atoms with Crippen LogP contribution in [0.4, 0.5) is 0 Å². The summed E-state index contributed by atoms with van der Waals surface area (Å²) in [5, 5.41) is 13.1. The number of carbonyl (C=O) groups is 1. The molecule has 4 aliphatic rings. The van der Waals surface area contributed by atoms with Crippen molar-refractivity contribution in [2.75, 3.05) is 12.3 Å². The molecule has 34 heavy (non-hydrogen) atoms. The van der Waals surface area contributed by atoms with Crippen molar-refractivity contribution in [1.29, 1.82) is 0 Å². The van der Waals surface area contributed by atoms with Crippen molar-refractivity contribution in [2.24, 2.45) is 46.3 Å². The van der Waals surface area contributed by atoms with Gasteiger partial charge in [0.2, 0.25) is 5.91 Å². The molecule has 196 valence electrons. The lowest BCUT2D eigenvalue weighted by Crippen LogP contribution is -2.54. The molecule has 4 saturated carbocycles. The maximum absolute atomic E-state index is 12.3. The van der Waals surface area contributed by atoms with E-state index in [4.69, 9.17) is 4.55 Å². The van der Waals surface area contributed by atoms with E-state index in [-0.39, 0.29) is 30.7 Å². The molecule has 9 atom stereocenters. The Morgan fingerprint density at radius 1 is 1.03 bits per heavy atom. The van der Waals surface area contributed by atoms with Gasteiger partial charge in [-0.3, -0.25) is 9.35 Å². The molecule has 0 aromatic carbocycles. The molecule has 0 radical (unpaired) electrons. The highest BCUT2D eigenvalue weighted by Crippen LogP contribution is 2.68. The van der Waals surface area contributed by atoms with E-state index in [0.717, 1.165) is 37.0 Å². The Bertz CT molecular complexity index is 846. The minimum Gasteiger partial charge on any atom is -0.393 e. The van der Waals surface area contributed by atoms with Gasteiger partial charge in [-0.2, -0.15) is 8.42 Å². The highest BCUT2D eigenvalue weighted by molar-refractivity contribution is 7.85. The first kappa shape index (κ1) is 26.4. The predicted octanol–water partition coefficient (Wildman–Crippen LogP) is 4.82. The summed E-state index contributed by atoms with van der Waals surface area (Å²) in [6.45, 7) is 7.72. The van der Waals surface area contributed by atoms with Gasteiger partial charge in [0.25, 0.3) is 10.1 Å². The summed E-state index contributed by atoms with van der Waals surface area (Å²) in [6.07, 6.45) is 12.6. The summed E-state index contributed by atoms with van der Waals surface area (Å²) in [6, 6.07) is 0. The number of hydrogen-bond acceptors (Lipinski definition) is 4. The molecular weight excluding hydrogens is 450 g/mol. The van der Waals surface area contributed by atoms with E-state index >= 15 is 0 Å². The zero-order valence-electron chi connectivity index (χ0n) is 21.5. The zero-order valence-corrected chi connectivity index (χ0v) is 22.3. The lowest BCUT2D eigenvalue weighted by atomic mass is 9.44. The van der Waals surface area contributed by atoms with Crippen LogP contribution in [0.5, 0.6) is 0 Å². The Labute approximate surface area is 206 Å². The van der Waals surface area contributed by atoms with Crippen LogP contribution in [0.2, 0.25) is 0 Å². The molecule has 0 aromatic heterocycles. The van der Waals surface area contributed by atoms with Crippen LogP contribution in [0.15, 0.2) is 0 Å². The van der Waals surface area contributed by atoms with Crippen molar-refractivity contribution in [1.82, 2.24) is 5.32 Å². The second kappa shape index (κ2) is 10.0. The Kier molecular flexibility index (Phi) is 7.77. The quantitative estimate of drug-likeness (QED) is 0.330. The third-order valence-corrected chi connectivity index (χ3v) is 11.9. The van der Waals surface area contributed by atoms with Crippen molar-refractivity contribution in [2.45, 2.75) is 104 Å². The van der Waals surface area contributed by atoms with E-state index in [1.54, 1.807) is 0 Å². The Balaban J connectivity index is 1.31. The van der Waals surface area contributed by atoms with Crippen LogP contribution in [0.1, 0.15) is 97.8 Å². The van der Waals surface area contributed by atoms with E-state index < -0.39 is 10.1 Å². The van der Waals surface area contributed by atoms with Crippen LogP contribution in [0.3, 0.4) is 0 Å². The molecule has 0 bridgehead atoms. The summed E-state index contributed by atoms with van der Waals surface area (Å²) in [7, 11) is -3.96. The number of hydrogen-bond donors (Lipinski definition) is 3. The number of fused-ring (bicyclic) bond motifs is 5. The van der Waals surface area contributed by atoms with Gasteiger partial charge in [-0.1, -0.05) is 20.8 Å². The summed E-state index contributed by atoms with van der Waals surface area (Å²) in [4.78, 5) is 12.3. The number of carbonyl (C=O) groups excluding carboxylic acids is 1. The van der Waals surface area contributed by atoms with Crippen molar-refractivity contribution < 1.29 is 22.9 Å². The Morgan fingerprint density at radius 3 is 2.47 bits per heavy atom. The predicted molar refractivity (Wildman–Crippen MR) is 134 cm³/mol. The Morgan fingerprint density at radius 2 is 1.74 bits per heavy atom. The molecule has 3 N–H and O–H groups in total. The number of rotatable bonds is 8. The molecule has 0 spiro atoms. The van der Waals surface area contributed by atoms with Crippen LogP contribution >= 0.6 is 0 Å². The highest BCUT2D eigenvalue weighted by atomic mass is 32.2. The molecule has 7 heteroatoms. The van der Waals surface area contributed by atoms with Gasteiger partial charge >= 0.3 is 0 Å². The van der Waals surface area contributed by atoms with Gasteiger partial charge in [-0.25, -0.2) is 0 Å². The average Bonchev–Trinajstić information content (AvgIpc) is 3.12. The fraction of sp³-hybridized carbons (Fsp3) is 0.963. The maximum atomic E-state index is 12.3. The lowest BCUT2D eigenvalue weighted by Gasteiger charge is -2.61. The van der Waals surface area contributed by atoms with Crippen LogP contribution in [0, 0.1) is 46.3 Å². The van der Waals surface area contributed by atoms with E-state index in [1.165, 1.54) is 44.9 Å². The van der Waals surface area contributed by atoms with Crippen LogP contribution in [0.25, 0.3) is 0 Å². The van der Waals surface area contributed by atoms with E-state index in [1.807, 2.05) is 0 Å². The molecule has 6 nitrogen and oxygen atoms in total. The third-order valence-electron chi connectivity index (χ3n) is 11.1. The first-order chi connectivity index (χ1) is 15.9. The monoisotopic (exact) mass is 497 g/mol. The fourth-order valence-corrected chi connectivity index (χ4v) is 9.85. The molecule has 0 aliphatic heterocycles. The number of aliphatic hydroxyl groups is 1. The van der Waals surface area contributed by atoms with Gasteiger partial charge in [0.1, 0.15) is 0 Å². The van der Waals surface area contributed by atoms with Gasteiger partial charge in [0, 0.05) is 13.0 Å². The standard InChI is InChI=1S/C27H47NO5S/c1-18(5-10-25(30)28-15-4-16-34(31,32)33)22-8-9-23-21-7-6-19-17-20(29)11-13-26(19,2)24(21)12-14-27(22,23)3/h18-24,29H,4-17H2,1-3H3,(H,28,30)(H,31,32,33)/t18-,19-,20-,21+,22?,23?,24?,26+,27-/m1/s1. The lowest BCUT2D eigenvalue weighted by molar-refractivity contribution is -0.129. The summed E-state index contributed by atoms with van der Waals surface area (Å²) < 4.78 is 30.4. The summed E-state index contributed by atoms with van der Waals surface area (Å²) >= 11 is 0. The minimum absolute atomic E-state index is 0.0173. The number of amides is 1. The molecule has 4 rings (SSSR count). The minimum atomic E-state index is -3.96. The second-order valence-corrected chi connectivity index (χ2v) is 14.4. The van der Waals surface area contributed by atoms with Crippen LogP contribution in [-0.4, -0.2) is 42.4 Å². The van der Waals surface area contributed by atoms with E-state index in [0.29, 0.717) is 35.0 Å². The molecule has 4 fully saturated rings. The SMILES string of the molecule is C[C@H](CCC(=O)NCCCS(=O)(=O)O)C1CCC2[C@@H]3CC[C@@H]4C[C@H](O)CC[C@]4(C)C3CC[C@@]21C. The van der Waals surface area contributed by atoms with Crippen molar-refractivity contribution >= 4 is 16.0 Å². The van der Waals surface area contributed by atoms with Gasteiger partial charge < -0.3 is 10.4 Å². The third kappa shape index (κ3) is 5.22. The molecule has 1 amide bonds. The average molecular weight is 498 g/mol. The van der Waals surface area contributed by atoms with Crippen LogP contribution in [-0.2, 0) is 14.9 Å². The molecule has 3 unspecified atom stereocenters. The maximum Gasteiger partial charge on any atom is 0.264 e. The number of nitrogens with one attached hydrogen (secondary N) is 1. The fourth-order valence-electron chi connectivity index (χ4n) is 9.34.